The summed E-state index contributed by atoms with van der Waals surface area (Å²) in [4.78, 5) is 12.0. The summed E-state index contributed by atoms with van der Waals surface area (Å²) in [6, 6.07) is 7.81. The summed E-state index contributed by atoms with van der Waals surface area (Å²) in [5.41, 5.74) is -0.168. The molecule has 0 amide bonds. The third kappa shape index (κ3) is 3.82. The Morgan fingerprint density at radius 3 is 2.19 bits per heavy atom. The van der Waals surface area contributed by atoms with Gasteiger partial charge in [0.1, 0.15) is 5.82 Å². The highest BCUT2D eigenvalue weighted by Crippen LogP contribution is 2.29. The predicted octanol–water partition coefficient (Wildman–Crippen LogP) is 4.92. The monoisotopic (exact) mass is 316 g/mol. The molecule has 0 aliphatic heterocycles. The molecule has 0 aliphatic rings. The van der Waals surface area contributed by atoms with Gasteiger partial charge in [0.15, 0.2) is 5.78 Å². The Morgan fingerprint density at radius 2 is 1.67 bits per heavy atom. The maximum absolute atomic E-state index is 13.0. The first kappa shape index (κ1) is 15.5. The maximum Gasteiger partial charge on any atom is 0.416 e. The molecule has 2 rings (SSSR count). The topological polar surface area (TPSA) is 17.1 Å². The molecule has 110 valence electrons. The van der Waals surface area contributed by atoms with Crippen molar-refractivity contribution in [3.8, 4) is 0 Å². The number of rotatable bonds is 3. The van der Waals surface area contributed by atoms with Gasteiger partial charge in [-0.15, -0.1) is 0 Å². The third-order valence-electron chi connectivity index (χ3n) is 2.88. The number of hydrogen-bond donors (Lipinski definition) is 0. The van der Waals surface area contributed by atoms with Gasteiger partial charge in [0, 0.05) is 12.0 Å². The molecule has 0 radical (unpaired) electrons. The van der Waals surface area contributed by atoms with Gasteiger partial charge in [-0.25, -0.2) is 4.39 Å². The molecule has 0 aromatic heterocycles. The van der Waals surface area contributed by atoms with Gasteiger partial charge in [0.2, 0.25) is 0 Å². The first-order valence-electron chi connectivity index (χ1n) is 5.92. The molecular formula is C15H9ClF4O. The van der Waals surface area contributed by atoms with Gasteiger partial charge < -0.3 is 0 Å². The van der Waals surface area contributed by atoms with Crippen LogP contribution in [0.3, 0.4) is 0 Å². The third-order valence-corrected chi connectivity index (χ3v) is 3.17. The van der Waals surface area contributed by atoms with Crippen LogP contribution in [0, 0.1) is 5.82 Å². The van der Waals surface area contributed by atoms with E-state index < -0.39 is 17.6 Å². The smallest absolute Gasteiger partial charge is 0.294 e. The molecule has 0 spiro atoms. The highest BCUT2D eigenvalue weighted by atomic mass is 35.5. The first-order chi connectivity index (χ1) is 9.77. The van der Waals surface area contributed by atoms with Gasteiger partial charge >= 0.3 is 6.18 Å². The van der Waals surface area contributed by atoms with Crippen LogP contribution < -0.4 is 0 Å². The number of ketones is 1. The highest BCUT2D eigenvalue weighted by molar-refractivity contribution is 6.30. The first-order valence-corrected chi connectivity index (χ1v) is 6.29. The SMILES string of the molecule is O=C(Cc1ccc(F)c(Cl)c1)c1ccc(C(F)(F)F)cc1. The quantitative estimate of drug-likeness (QED) is 0.580. The van der Waals surface area contributed by atoms with Crippen molar-refractivity contribution in [2.75, 3.05) is 0 Å². The molecule has 2 aromatic carbocycles. The van der Waals surface area contributed by atoms with Crippen LogP contribution >= 0.6 is 11.6 Å². The van der Waals surface area contributed by atoms with E-state index in [2.05, 4.69) is 0 Å². The summed E-state index contributed by atoms with van der Waals surface area (Å²) in [5.74, 6) is -0.964. The van der Waals surface area contributed by atoms with Crippen molar-refractivity contribution in [3.05, 3.63) is 70.0 Å². The Labute approximate surface area is 123 Å². The Hall–Kier alpha value is -1.88. The fourth-order valence-corrected chi connectivity index (χ4v) is 1.99. The summed E-state index contributed by atoms with van der Waals surface area (Å²) in [5, 5.41) is -0.104. The highest BCUT2D eigenvalue weighted by Gasteiger charge is 2.30. The molecule has 2 aromatic rings. The minimum atomic E-state index is -4.44. The molecule has 21 heavy (non-hydrogen) atoms. The van der Waals surface area contributed by atoms with Crippen molar-refractivity contribution in [1.82, 2.24) is 0 Å². The van der Waals surface area contributed by atoms with E-state index in [1.54, 1.807) is 0 Å². The van der Waals surface area contributed by atoms with Crippen LogP contribution in [-0.2, 0) is 12.6 Å². The molecule has 6 heteroatoms. The summed E-state index contributed by atoms with van der Waals surface area (Å²) in [6.07, 6.45) is -4.50. The summed E-state index contributed by atoms with van der Waals surface area (Å²) >= 11 is 5.60. The lowest BCUT2D eigenvalue weighted by Gasteiger charge is -2.07. The Bertz CT molecular complexity index is 662. The van der Waals surface area contributed by atoms with E-state index in [0.717, 1.165) is 30.3 Å². The van der Waals surface area contributed by atoms with E-state index in [1.807, 2.05) is 0 Å². The van der Waals surface area contributed by atoms with Gasteiger partial charge in [0.25, 0.3) is 0 Å². The fourth-order valence-electron chi connectivity index (χ4n) is 1.78. The maximum atomic E-state index is 13.0. The van der Waals surface area contributed by atoms with Crippen LogP contribution in [0.1, 0.15) is 21.5 Å². The molecule has 0 saturated heterocycles. The van der Waals surface area contributed by atoms with E-state index in [9.17, 15) is 22.4 Å². The van der Waals surface area contributed by atoms with E-state index in [1.165, 1.54) is 12.1 Å². The zero-order valence-corrected chi connectivity index (χ0v) is 11.3. The Balaban J connectivity index is 2.15. The van der Waals surface area contributed by atoms with Crippen LogP contribution in [0.4, 0.5) is 17.6 Å². The van der Waals surface area contributed by atoms with Crippen molar-refractivity contribution >= 4 is 17.4 Å². The average Bonchev–Trinajstić information content (AvgIpc) is 2.42. The van der Waals surface area contributed by atoms with Crippen molar-refractivity contribution < 1.29 is 22.4 Å². The molecule has 0 atom stereocenters. The molecule has 0 bridgehead atoms. The zero-order chi connectivity index (χ0) is 15.6. The summed E-state index contributed by atoms with van der Waals surface area (Å²) in [6.45, 7) is 0. The van der Waals surface area contributed by atoms with E-state index in [4.69, 9.17) is 11.6 Å². The molecule has 0 aliphatic carbocycles. The van der Waals surface area contributed by atoms with Crippen LogP contribution in [0.25, 0.3) is 0 Å². The van der Waals surface area contributed by atoms with Crippen LogP contribution in [0.2, 0.25) is 5.02 Å². The van der Waals surface area contributed by atoms with E-state index >= 15 is 0 Å². The molecule has 0 fully saturated rings. The molecule has 0 saturated carbocycles. The van der Waals surface area contributed by atoms with Gasteiger partial charge in [-0.2, -0.15) is 13.2 Å². The Kier molecular flexibility index (Phi) is 4.32. The van der Waals surface area contributed by atoms with Crippen molar-refractivity contribution in [1.29, 1.82) is 0 Å². The molecule has 0 N–H and O–H groups in total. The molecule has 0 unspecified atom stereocenters. The lowest BCUT2D eigenvalue weighted by molar-refractivity contribution is -0.137. The van der Waals surface area contributed by atoms with Crippen molar-refractivity contribution in [2.24, 2.45) is 0 Å². The largest absolute Gasteiger partial charge is 0.416 e. The number of hydrogen-bond acceptors (Lipinski definition) is 1. The minimum absolute atomic E-state index is 0.0641. The van der Waals surface area contributed by atoms with Crippen LogP contribution in [0.15, 0.2) is 42.5 Å². The number of carbonyl (C=O) groups is 1. The van der Waals surface area contributed by atoms with Crippen LogP contribution in [-0.4, -0.2) is 5.78 Å². The summed E-state index contributed by atoms with van der Waals surface area (Å²) < 4.78 is 50.2. The van der Waals surface area contributed by atoms with E-state index in [-0.39, 0.29) is 22.8 Å². The number of halogens is 5. The van der Waals surface area contributed by atoms with Crippen molar-refractivity contribution in [3.63, 3.8) is 0 Å². The lowest BCUT2D eigenvalue weighted by atomic mass is 10.0. The van der Waals surface area contributed by atoms with Gasteiger partial charge in [0.05, 0.1) is 10.6 Å². The predicted molar refractivity (Wildman–Crippen MR) is 70.9 cm³/mol. The van der Waals surface area contributed by atoms with Crippen molar-refractivity contribution in [2.45, 2.75) is 12.6 Å². The zero-order valence-electron chi connectivity index (χ0n) is 10.5. The normalized spacial score (nSPS) is 11.5. The number of carbonyl (C=O) groups excluding carboxylic acids is 1. The van der Waals surface area contributed by atoms with Gasteiger partial charge in [-0.1, -0.05) is 29.8 Å². The lowest BCUT2D eigenvalue weighted by Crippen LogP contribution is -2.07. The van der Waals surface area contributed by atoms with Crippen LogP contribution in [0.5, 0.6) is 0 Å². The standard InChI is InChI=1S/C15H9ClF4O/c16-12-7-9(1-6-13(12)17)8-14(21)10-2-4-11(5-3-10)15(18,19)20/h1-7H,8H2. The second-order valence-corrected chi connectivity index (χ2v) is 4.83. The molecular weight excluding hydrogens is 308 g/mol. The van der Waals surface area contributed by atoms with Gasteiger partial charge in [-0.3, -0.25) is 4.79 Å². The Morgan fingerprint density at radius 1 is 1.05 bits per heavy atom. The second kappa shape index (κ2) is 5.85. The minimum Gasteiger partial charge on any atom is -0.294 e. The van der Waals surface area contributed by atoms with E-state index in [0.29, 0.717) is 5.56 Å². The second-order valence-electron chi connectivity index (χ2n) is 4.42. The number of benzene rings is 2. The summed E-state index contributed by atoms with van der Waals surface area (Å²) in [7, 11) is 0. The fraction of sp³-hybridized carbons (Fsp3) is 0.133. The number of Topliss-reactive ketones (excluding diaryl/α,β-unsaturated/α-hetero) is 1. The molecule has 0 heterocycles. The number of alkyl halides is 3. The molecule has 1 nitrogen and oxygen atoms in total. The average molecular weight is 317 g/mol. The van der Waals surface area contributed by atoms with Gasteiger partial charge in [-0.05, 0) is 29.8 Å².